The van der Waals surface area contributed by atoms with Crippen molar-refractivity contribution in [1.29, 1.82) is 0 Å². The van der Waals surface area contributed by atoms with Crippen LogP contribution in [0.1, 0.15) is 34.1 Å². The molecule has 0 rings (SSSR count). The van der Waals surface area contributed by atoms with Crippen molar-refractivity contribution in [3.8, 4) is 0 Å². The van der Waals surface area contributed by atoms with E-state index in [0.717, 1.165) is 32.7 Å². The normalized spacial score (nSPS) is 13.4. The largest absolute Gasteiger partial charge is 0.392 e. The molecule has 0 aliphatic carbocycles. The molecule has 0 fully saturated rings. The molecule has 0 bridgehead atoms. The Labute approximate surface area is 106 Å². The zero-order chi connectivity index (χ0) is 12.6. The van der Waals surface area contributed by atoms with Crippen LogP contribution in [-0.2, 0) is 0 Å². The highest BCUT2D eigenvalue weighted by molar-refractivity contribution is 7.80. The molecule has 2 N–H and O–H groups in total. The molecule has 0 saturated heterocycles. The molecular formula is C12H27N3S. The maximum atomic E-state index is 5.68. The molecule has 0 amide bonds. The summed E-state index contributed by atoms with van der Waals surface area (Å²) >= 11 is 5.03. The fourth-order valence-corrected chi connectivity index (χ4v) is 1.99. The Bertz CT molecular complexity index is 193. The highest BCUT2D eigenvalue weighted by atomic mass is 32.1. The molecule has 1 unspecified atom stereocenters. The third kappa shape index (κ3) is 5.77. The Morgan fingerprint density at radius 1 is 1.12 bits per heavy atom. The van der Waals surface area contributed by atoms with Crippen molar-refractivity contribution in [3.63, 3.8) is 0 Å². The summed E-state index contributed by atoms with van der Waals surface area (Å²) in [5, 5.41) is 0. The van der Waals surface area contributed by atoms with Gasteiger partial charge in [0, 0.05) is 6.54 Å². The minimum Gasteiger partial charge on any atom is -0.392 e. The van der Waals surface area contributed by atoms with Crippen LogP contribution in [0, 0.1) is 0 Å². The van der Waals surface area contributed by atoms with E-state index in [-0.39, 0.29) is 6.04 Å². The average Bonchev–Trinajstić information content (AvgIpc) is 2.28. The number of thiocarbonyl (C=S) groups is 1. The van der Waals surface area contributed by atoms with Gasteiger partial charge in [0.05, 0.1) is 11.0 Å². The molecule has 3 nitrogen and oxygen atoms in total. The monoisotopic (exact) mass is 245 g/mol. The van der Waals surface area contributed by atoms with Crippen LogP contribution in [0.15, 0.2) is 0 Å². The summed E-state index contributed by atoms with van der Waals surface area (Å²) in [5.41, 5.74) is 5.68. The van der Waals surface area contributed by atoms with Crippen molar-refractivity contribution < 1.29 is 0 Å². The van der Waals surface area contributed by atoms with Gasteiger partial charge >= 0.3 is 0 Å². The summed E-state index contributed by atoms with van der Waals surface area (Å²) < 4.78 is 0. The molecule has 16 heavy (non-hydrogen) atoms. The van der Waals surface area contributed by atoms with Gasteiger partial charge in [0.25, 0.3) is 0 Å². The van der Waals surface area contributed by atoms with Crippen LogP contribution in [0.4, 0.5) is 0 Å². The third-order valence-corrected chi connectivity index (χ3v) is 3.52. The van der Waals surface area contributed by atoms with Crippen LogP contribution in [0.3, 0.4) is 0 Å². The minimum atomic E-state index is 0.219. The van der Waals surface area contributed by atoms with Crippen LogP contribution in [0.25, 0.3) is 0 Å². The van der Waals surface area contributed by atoms with Crippen molar-refractivity contribution in [2.75, 3.05) is 32.7 Å². The Kier molecular flexibility index (Phi) is 8.80. The summed E-state index contributed by atoms with van der Waals surface area (Å²) in [4.78, 5) is 5.38. The highest BCUT2D eigenvalue weighted by Gasteiger charge is 2.13. The summed E-state index contributed by atoms with van der Waals surface area (Å²) in [6.07, 6.45) is 1.18. The first-order chi connectivity index (χ1) is 7.56. The highest BCUT2D eigenvalue weighted by Crippen LogP contribution is 2.01. The lowest BCUT2D eigenvalue weighted by atomic mass is 10.2. The Hall–Kier alpha value is -0.190. The van der Waals surface area contributed by atoms with Gasteiger partial charge in [-0.1, -0.05) is 33.0 Å². The van der Waals surface area contributed by atoms with Gasteiger partial charge in [-0.15, -0.1) is 0 Å². The molecule has 0 aliphatic heterocycles. The summed E-state index contributed by atoms with van der Waals surface area (Å²) in [6.45, 7) is 14.2. The van der Waals surface area contributed by atoms with Crippen LogP contribution < -0.4 is 5.73 Å². The lowest BCUT2D eigenvalue weighted by Crippen LogP contribution is -2.42. The second kappa shape index (κ2) is 8.90. The summed E-state index contributed by atoms with van der Waals surface area (Å²) in [6, 6.07) is 0.219. The van der Waals surface area contributed by atoms with Crippen LogP contribution in [0.2, 0.25) is 0 Å². The van der Waals surface area contributed by atoms with Crippen molar-refractivity contribution in [2.24, 2.45) is 5.73 Å². The number of hydrogen-bond acceptors (Lipinski definition) is 3. The van der Waals surface area contributed by atoms with Gasteiger partial charge in [0.15, 0.2) is 0 Å². The van der Waals surface area contributed by atoms with Gasteiger partial charge in [0.1, 0.15) is 0 Å². The third-order valence-electron chi connectivity index (χ3n) is 3.18. The van der Waals surface area contributed by atoms with Gasteiger partial charge in [-0.3, -0.25) is 4.90 Å². The minimum absolute atomic E-state index is 0.219. The molecule has 0 aliphatic rings. The number of hydrogen-bond donors (Lipinski definition) is 1. The van der Waals surface area contributed by atoms with E-state index in [1.54, 1.807) is 0 Å². The standard InChI is InChI=1S/C12H27N3S/c1-5-14(6-2)9-8-10-15(7-3)11(4)12(13)16/h11H,5-10H2,1-4H3,(H2,13,16). The molecule has 0 saturated carbocycles. The van der Waals surface area contributed by atoms with E-state index in [4.69, 9.17) is 18.0 Å². The van der Waals surface area contributed by atoms with Gasteiger partial charge < -0.3 is 10.6 Å². The molecule has 0 aromatic heterocycles. The van der Waals surface area contributed by atoms with Gasteiger partial charge in [-0.05, 0) is 39.5 Å². The fraction of sp³-hybridized carbons (Fsp3) is 0.917. The number of nitrogens with zero attached hydrogens (tertiary/aromatic N) is 2. The lowest BCUT2D eigenvalue weighted by molar-refractivity contribution is 0.231. The zero-order valence-electron chi connectivity index (χ0n) is 11.2. The van der Waals surface area contributed by atoms with Gasteiger partial charge in [-0.2, -0.15) is 0 Å². The maximum Gasteiger partial charge on any atom is 0.0899 e. The van der Waals surface area contributed by atoms with Crippen LogP contribution in [-0.4, -0.2) is 53.6 Å². The van der Waals surface area contributed by atoms with Crippen molar-refractivity contribution in [3.05, 3.63) is 0 Å². The van der Waals surface area contributed by atoms with E-state index in [0.29, 0.717) is 4.99 Å². The van der Waals surface area contributed by atoms with Crippen LogP contribution in [0.5, 0.6) is 0 Å². The first-order valence-electron chi connectivity index (χ1n) is 6.32. The molecule has 0 heterocycles. The van der Waals surface area contributed by atoms with Crippen LogP contribution >= 0.6 is 12.2 Å². The molecule has 0 radical (unpaired) electrons. The second-order valence-electron chi connectivity index (χ2n) is 4.09. The quantitative estimate of drug-likeness (QED) is 0.627. The summed E-state index contributed by atoms with van der Waals surface area (Å²) in [7, 11) is 0. The molecule has 0 aromatic rings. The lowest BCUT2D eigenvalue weighted by Gasteiger charge is -2.28. The zero-order valence-corrected chi connectivity index (χ0v) is 12.0. The molecular weight excluding hydrogens is 218 g/mol. The Balaban J connectivity index is 3.91. The van der Waals surface area contributed by atoms with E-state index >= 15 is 0 Å². The van der Waals surface area contributed by atoms with E-state index in [2.05, 4.69) is 37.5 Å². The van der Waals surface area contributed by atoms with E-state index < -0.39 is 0 Å². The van der Waals surface area contributed by atoms with E-state index in [1.807, 2.05) is 0 Å². The number of rotatable bonds is 9. The molecule has 0 spiro atoms. The topological polar surface area (TPSA) is 32.5 Å². The number of nitrogens with two attached hydrogens (primary N) is 1. The molecule has 1 atom stereocenters. The predicted molar refractivity (Wildman–Crippen MR) is 75.9 cm³/mol. The van der Waals surface area contributed by atoms with Gasteiger partial charge in [0.2, 0.25) is 0 Å². The SMILES string of the molecule is CCN(CC)CCCN(CC)C(C)C(N)=S. The predicted octanol–water partition coefficient (Wildman–Crippen LogP) is 1.71. The van der Waals surface area contributed by atoms with E-state index in [9.17, 15) is 0 Å². The Morgan fingerprint density at radius 2 is 1.69 bits per heavy atom. The Morgan fingerprint density at radius 3 is 2.06 bits per heavy atom. The average molecular weight is 245 g/mol. The first-order valence-corrected chi connectivity index (χ1v) is 6.73. The first kappa shape index (κ1) is 15.8. The second-order valence-corrected chi connectivity index (χ2v) is 4.56. The fourth-order valence-electron chi connectivity index (χ4n) is 1.84. The maximum absolute atomic E-state index is 5.68. The van der Waals surface area contributed by atoms with Gasteiger partial charge in [-0.25, -0.2) is 0 Å². The van der Waals surface area contributed by atoms with Crippen molar-refractivity contribution in [2.45, 2.75) is 40.2 Å². The molecule has 96 valence electrons. The van der Waals surface area contributed by atoms with E-state index in [1.165, 1.54) is 6.42 Å². The smallest absolute Gasteiger partial charge is 0.0899 e. The molecule has 0 aromatic carbocycles. The molecule has 4 heteroatoms. The van der Waals surface area contributed by atoms with Crippen molar-refractivity contribution >= 4 is 17.2 Å². The van der Waals surface area contributed by atoms with Crippen molar-refractivity contribution in [1.82, 2.24) is 9.80 Å². The number of likely N-dealkylation sites (N-methyl/N-ethyl adjacent to an activating group) is 1. The summed E-state index contributed by atoms with van der Waals surface area (Å²) in [5.74, 6) is 0.